The second kappa shape index (κ2) is 5.16. The Bertz CT molecular complexity index is 933. The molecule has 1 aromatic heterocycles. The first-order valence-electron chi connectivity index (χ1n) is 7.80. The normalized spacial score (nSPS) is 17.8. The molecule has 0 spiro atoms. The van der Waals surface area contributed by atoms with Crippen molar-refractivity contribution in [2.24, 2.45) is 4.99 Å². The van der Waals surface area contributed by atoms with Crippen molar-refractivity contribution in [3.05, 3.63) is 81.8 Å². The standard InChI is InChI=1S/C19H18N3O/c1-13-14(2)21(12-15-8-4-3-5-9-15)19-20-16-10-6-7-11-17(16)22(19)18(13)23/h3-11,17H,12H2,1-2H3/q+1. The van der Waals surface area contributed by atoms with E-state index in [1.54, 1.807) is 4.57 Å². The van der Waals surface area contributed by atoms with Crippen LogP contribution in [0.3, 0.4) is 0 Å². The summed E-state index contributed by atoms with van der Waals surface area (Å²) in [7, 11) is 0. The third-order valence-electron chi connectivity index (χ3n) is 4.61. The van der Waals surface area contributed by atoms with Gasteiger partial charge in [0.1, 0.15) is 0 Å². The molecule has 114 valence electrons. The zero-order valence-corrected chi connectivity index (χ0v) is 13.2. The Morgan fingerprint density at radius 3 is 2.74 bits per heavy atom. The van der Waals surface area contributed by atoms with E-state index in [2.05, 4.69) is 16.7 Å². The Balaban J connectivity index is 1.94. The Morgan fingerprint density at radius 1 is 1.17 bits per heavy atom. The van der Waals surface area contributed by atoms with Crippen LogP contribution in [0, 0.1) is 13.8 Å². The number of fused-ring (bicyclic) bond motifs is 3. The van der Waals surface area contributed by atoms with E-state index in [9.17, 15) is 4.79 Å². The maximum Gasteiger partial charge on any atom is 0.403 e. The molecule has 1 unspecified atom stereocenters. The van der Waals surface area contributed by atoms with Crippen LogP contribution in [0.4, 0.5) is 5.95 Å². The molecular weight excluding hydrogens is 286 g/mol. The van der Waals surface area contributed by atoms with E-state index in [0.717, 1.165) is 22.9 Å². The van der Waals surface area contributed by atoms with E-state index < -0.39 is 0 Å². The fourth-order valence-electron chi connectivity index (χ4n) is 3.19. The highest BCUT2D eigenvalue weighted by Crippen LogP contribution is 2.27. The average Bonchev–Trinajstić information content (AvgIpc) is 2.97. The molecule has 1 atom stereocenters. The monoisotopic (exact) mass is 304 g/mol. The molecule has 0 saturated carbocycles. The van der Waals surface area contributed by atoms with Crippen LogP contribution in [-0.2, 0) is 6.54 Å². The first-order chi connectivity index (χ1) is 11.2. The average molecular weight is 304 g/mol. The molecule has 2 aliphatic rings. The Labute approximate surface area is 134 Å². The largest absolute Gasteiger partial charge is 0.403 e. The molecule has 2 heterocycles. The van der Waals surface area contributed by atoms with Crippen LogP contribution in [-0.4, -0.2) is 10.3 Å². The molecule has 2 aromatic rings. The third kappa shape index (κ3) is 2.10. The fourth-order valence-corrected chi connectivity index (χ4v) is 3.19. The van der Waals surface area contributed by atoms with Gasteiger partial charge >= 0.3 is 11.5 Å². The van der Waals surface area contributed by atoms with E-state index >= 15 is 0 Å². The Hall–Kier alpha value is -2.75. The Kier molecular flexibility index (Phi) is 3.11. The van der Waals surface area contributed by atoms with E-state index in [0.29, 0.717) is 6.54 Å². The van der Waals surface area contributed by atoms with Gasteiger partial charge in [-0.1, -0.05) is 47.5 Å². The lowest BCUT2D eigenvalue weighted by atomic mass is 10.1. The van der Waals surface area contributed by atoms with Crippen LogP contribution in [0.5, 0.6) is 0 Å². The summed E-state index contributed by atoms with van der Waals surface area (Å²) in [5.41, 5.74) is 3.93. The van der Waals surface area contributed by atoms with Gasteiger partial charge in [0.05, 0.1) is 17.8 Å². The number of nitrogens with zero attached hydrogens (tertiary/aromatic N) is 3. The number of rotatable bonds is 2. The minimum Gasteiger partial charge on any atom is -0.250 e. The third-order valence-corrected chi connectivity index (χ3v) is 4.61. The summed E-state index contributed by atoms with van der Waals surface area (Å²) in [6, 6.07) is 10.2. The van der Waals surface area contributed by atoms with Gasteiger partial charge in [-0.25, -0.2) is 4.57 Å². The second-order valence-electron chi connectivity index (χ2n) is 5.98. The zero-order chi connectivity index (χ0) is 16.0. The summed E-state index contributed by atoms with van der Waals surface area (Å²) in [5, 5.41) is 0. The van der Waals surface area contributed by atoms with Gasteiger partial charge in [0.25, 0.3) is 0 Å². The minimum absolute atomic E-state index is 0.0468. The lowest BCUT2D eigenvalue weighted by Gasteiger charge is -2.13. The van der Waals surface area contributed by atoms with Crippen LogP contribution in [0.2, 0.25) is 0 Å². The van der Waals surface area contributed by atoms with Gasteiger partial charge in [0.2, 0.25) is 0 Å². The molecule has 1 aromatic carbocycles. The molecule has 23 heavy (non-hydrogen) atoms. The zero-order valence-electron chi connectivity index (χ0n) is 13.2. The molecule has 4 heteroatoms. The molecule has 0 fully saturated rings. The van der Waals surface area contributed by atoms with Crippen LogP contribution in [0.1, 0.15) is 22.9 Å². The van der Waals surface area contributed by atoms with Gasteiger partial charge in [-0.05, 0) is 31.6 Å². The highest BCUT2D eigenvalue weighted by molar-refractivity contribution is 6.03. The number of hydrogen-bond donors (Lipinski definition) is 0. The van der Waals surface area contributed by atoms with Gasteiger partial charge < -0.3 is 0 Å². The molecule has 4 rings (SSSR count). The topological polar surface area (TPSA) is 38.2 Å². The molecule has 0 amide bonds. The highest BCUT2D eigenvalue weighted by Gasteiger charge is 2.37. The van der Waals surface area contributed by atoms with Crippen molar-refractivity contribution in [1.29, 1.82) is 0 Å². The van der Waals surface area contributed by atoms with Crippen molar-refractivity contribution in [3.8, 4) is 0 Å². The quantitative estimate of drug-likeness (QED) is 0.786. The number of allylic oxidation sites excluding steroid dienone is 4. The predicted molar refractivity (Wildman–Crippen MR) is 90.3 cm³/mol. The Morgan fingerprint density at radius 2 is 1.96 bits per heavy atom. The maximum absolute atomic E-state index is 12.8. The summed E-state index contributed by atoms with van der Waals surface area (Å²) in [5.74, 6) is 0.734. The summed E-state index contributed by atoms with van der Waals surface area (Å²) in [6.07, 6.45) is 7.95. The van der Waals surface area contributed by atoms with Crippen LogP contribution >= 0.6 is 0 Å². The molecule has 0 bridgehead atoms. The van der Waals surface area contributed by atoms with Crippen LogP contribution in [0.25, 0.3) is 0 Å². The molecule has 4 nitrogen and oxygen atoms in total. The van der Waals surface area contributed by atoms with E-state index in [4.69, 9.17) is 4.99 Å². The van der Waals surface area contributed by atoms with E-state index in [-0.39, 0.29) is 11.6 Å². The number of aromatic nitrogens is 2. The summed E-state index contributed by atoms with van der Waals surface area (Å²) in [4.78, 5) is 17.5. The fraction of sp³-hybridized carbons (Fsp3) is 0.211. The van der Waals surface area contributed by atoms with Gasteiger partial charge in [-0.15, -0.1) is 0 Å². The SMILES string of the molecule is Cc1c(C)[n+](Cc2ccccc2)c2n(c1=O)C1C=CC=CC1=N2. The maximum atomic E-state index is 12.8. The molecule has 1 aliphatic carbocycles. The van der Waals surface area contributed by atoms with Crippen molar-refractivity contribution in [2.75, 3.05) is 0 Å². The summed E-state index contributed by atoms with van der Waals surface area (Å²) < 4.78 is 3.94. The first kappa shape index (κ1) is 13.9. The smallest absolute Gasteiger partial charge is 0.250 e. The van der Waals surface area contributed by atoms with Crippen LogP contribution in [0.15, 0.2) is 64.4 Å². The van der Waals surface area contributed by atoms with Crippen LogP contribution < -0.4 is 10.1 Å². The van der Waals surface area contributed by atoms with Crippen molar-refractivity contribution in [2.45, 2.75) is 26.4 Å². The molecule has 0 radical (unpaired) electrons. The highest BCUT2D eigenvalue weighted by atomic mass is 16.1. The molecule has 1 aliphatic heterocycles. The molecular formula is C19H18N3O+. The van der Waals surface area contributed by atoms with Gasteiger partial charge in [0.15, 0.2) is 11.8 Å². The minimum atomic E-state index is -0.0798. The first-order valence-corrected chi connectivity index (χ1v) is 7.80. The van der Waals surface area contributed by atoms with Crippen molar-refractivity contribution in [1.82, 2.24) is 4.57 Å². The molecule has 0 N–H and O–H groups in total. The lowest BCUT2D eigenvalue weighted by Crippen LogP contribution is -2.45. The van der Waals surface area contributed by atoms with Crippen molar-refractivity contribution in [3.63, 3.8) is 0 Å². The lowest BCUT2D eigenvalue weighted by molar-refractivity contribution is -0.685. The summed E-state index contributed by atoms with van der Waals surface area (Å²) >= 11 is 0. The van der Waals surface area contributed by atoms with Gasteiger partial charge in [-0.3, -0.25) is 4.79 Å². The molecule has 0 saturated heterocycles. The van der Waals surface area contributed by atoms with Crippen molar-refractivity contribution >= 4 is 11.7 Å². The summed E-state index contributed by atoms with van der Waals surface area (Å²) in [6.45, 7) is 4.60. The second-order valence-corrected chi connectivity index (χ2v) is 5.98. The van der Waals surface area contributed by atoms with Crippen molar-refractivity contribution < 1.29 is 4.57 Å². The van der Waals surface area contributed by atoms with E-state index in [1.165, 1.54) is 5.56 Å². The number of aliphatic imine (C=N–C) groups is 1. The van der Waals surface area contributed by atoms with Gasteiger partial charge in [-0.2, -0.15) is 4.57 Å². The number of benzene rings is 1. The van der Waals surface area contributed by atoms with Gasteiger partial charge in [0, 0.05) is 0 Å². The van der Waals surface area contributed by atoms with E-state index in [1.807, 2.05) is 56.4 Å². The number of hydrogen-bond acceptors (Lipinski definition) is 2. The predicted octanol–water partition coefficient (Wildman–Crippen LogP) is 2.55.